The van der Waals surface area contributed by atoms with Gasteiger partial charge in [0, 0.05) is 6.42 Å². The largest absolute Gasteiger partial charge is 0.291 e. The van der Waals surface area contributed by atoms with Gasteiger partial charge in [-0.05, 0) is 32.1 Å². The van der Waals surface area contributed by atoms with Crippen LogP contribution < -0.4 is 0 Å². The second-order valence-electron chi connectivity index (χ2n) is 5.48. The first kappa shape index (κ1) is 18.4. The number of rotatable bonds is 15. The molecule has 0 aromatic rings. The monoisotopic (exact) mass is 265 g/mol. The quantitative estimate of drug-likeness (QED) is 0.257. The lowest BCUT2D eigenvalue weighted by molar-refractivity contribution is 0.542. The highest BCUT2D eigenvalue weighted by atomic mass is 16.1. The van der Waals surface area contributed by atoms with Crippen LogP contribution in [0.5, 0.6) is 0 Å². The lowest BCUT2D eigenvalue weighted by Gasteiger charge is -1.98. The minimum atomic E-state index is 0.623. The standard InChI is InChI=1S/C18H33O/c1-2-3-4-5-6-7-8-9-10-11-12-13-14-15-16-17-18-19/h9-10H,2-8,11-17H2,1H3/b10-9+. The molecule has 0 saturated carbocycles. The molecule has 19 heavy (non-hydrogen) atoms. The highest BCUT2D eigenvalue weighted by molar-refractivity contribution is 5.50. The fourth-order valence-corrected chi connectivity index (χ4v) is 2.27. The molecule has 0 aliphatic carbocycles. The predicted octanol–water partition coefficient (Wildman–Crippen LogP) is 6.13. The molecule has 111 valence electrons. The van der Waals surface area contributed by atoms with Crippen molar-refractivity contribution in [2.24, 2.45) is 0 Å². The molecule has 0 saturated heterocycles. The molecule has 0 aliphatic heterocycles. The van der Waals surface area contributed by atoms with E-state index in [9.17, 15) is 4.79 Å². The van der Waals surface area contributed by atoms with Crippen molar-refractivity contribution in [1.82, 2.24) is 0 Å². The highest BCUT2D eigenvalue weighted by Gasteiger charge is 1.90. The Morgan fingerprint density at radius 2 is 1.16 bits per heavy atom. The van der Waals surface area contributed by atoms with Gasteiger partial charge >= 0.3 is 0 Å². The van der Waals surface area contributed by atoms with Gasteiger partial charge < -0.3 is 0 Å². The van der Waals surface area contributed by atoms with Gasteiger partial charge in [0.05, 0.1) is 0 Å². The molecule has 1 heteroatoms. The van der Waals surface area contributed by atoms with E-state index in [-0.39, 0.29) is 0 Å². The van der Waals surface area contributed by atoms with Gasteiger partial charge in [-0.2, -0.15) is 0 Å². The van der Waals surface area contributed by atoms with Gasteiger partial charge in [-0.15, -0.1) is 0 Å². The second-order valence-corrected chi connectivity index (χ2v) is 5.48. The van der Waals surface area contributed by atoms with Gasteiger partial charge in [-0.25, -0.2) is 0 Å². The van der Waals surface area contributed by atoms with Crippen molar-refractivity contribution in [3.63, 3.8) is 0 Å². The lowest BCUT2D eigenvalue weighted by atomic mass is 10.1. The van der Waals surface area contributed by atoms with Crippen molar-refractivity contribution >= 4 is 6.29 Å². The van der Waals surface area contributed by atoms with E-state index in [4.69, 9.17) is 0 Å². The zero-order valence-corrected chi connectivity index (χ0v) is 13.0. The van der Waals surface area contributed by atoms with Gasteiger partial charge in [0.15, 0.2) is 6.29 Å². The Balaban J connectivity index is 3.03. The van der Waals surface area contributed by atoms with E-state index in [1.165, 1.54) is 77.0 Å². The Hall–Kier alpha value is -0.590. The van der Waals surface area contributed by atoms with Crippen LogP contribution in [0.1, 0.15) is 96.8 Å². The summed E-state index contributed by atoms with van der Waals surface area (Å²) in [5, 5.41) is 0. The van der Waals surface area contributed by atoms with Gasteiger partial charge in [-0.1, -0.05) is 70.4 Å². The minimum Gasteiger partial charge on any atom is -0.291 e. The van der Waals surface area contributed by atoms with E-state index in [2.05, 4.69) is 19.1 Å². The molecule has 0 fully saturated rings. The zero-order valence-electron chi connectivity index (χ0n) is 13.0. The Morgan fingerprint density at radius 3 is 1.68 bits per heavy atom. The van der Waals surface area contributed by atoms with Crippen LogP contribution in [-0.4, -0.2) is 6.29 Å². The van der Waals surface area contributed by atoms with E-state index >= 15 is 0 Å². The minimum absolute atomic E-state index is 0.623. The maximum Gasteiger partial charge on any atom is 0.198 e. The molecule has 0 aromatic carbocycles. The van der Waals surface area contributed by atoms with Crippen LogP contribution in [-0.2, 0) is 4.79 Å². The molecule has 0 bridgehead atoms. The molecule has 0 aromatic heterocycles. The molecule has 1 radical (unpaired) electrons. The summed E-state index contributed by atoms with van der Waals surface area (Å²) in [5.41, 5.74) is 0. The summed E-state index contributed by atoms with van der Waals surface area (Å²) in [4.78, 5) is 10.0. The summed E-state index contributed by atoms with van der Waals surface area (Å²) in [6.45, 7) is 2.27. The molecule has 0 amide bonds. The summed E-state index contributed by atoms with van der Waals surface area (Å²) in [6.07, 6.45) is 24.2. The van der Waals surface area contributed by atoms with Gasteiger partial charge in [0.1, 0.15) is 0 Å². The van der Waals surface area contributed by atoms with E-state index in [0.717, 1.165) is 6.42 Å². The first-order valence-corrected chi connectivity index (χ1v) is 8.41. The van der Waals surface area contributed by atoms with Gasteiger partial charge in [0.2, 0.25) is 0 Å². The third-order valence-electron chi connectivity index (χ3n) is 3.54. The van der Waals surface area contributed by atoms with Gasteiger partial charge in [0.25, 0.3) is 0 Å². The third kappa shape index (κ3) is 17.4. The van der Waals surface area contributed by atoms with Crippen molar-refractivity contribution in [2.45, 2.75) is 96.8 Å². The number of allylic oxidation sites excluding steroid dienone is 2. The topological polar surface area (TPSA) is 17.1 Å². The van der Waals surface area contributed by atoms with E-state index in [1.54, 1.807) is 0 Å². The molecular weight excluding hydrogens is 232 g/mol. The lowest BCUT2D eigenvalue weighted by Crippen LogP contribution is -1.80. The fourth-order valence-electron chi connectivity index (χ4n) is 2.27. The first-order valence-electron chi connectivity index (χ1n) is 8.41. The van der Waals surface area contributed by atoms with Crippen molar-refractivity contribution in [1.29, 1.82) is 0 Å². The number of carbonyl (C=O) groups excluding carboxylic acids is 1. The smallest absolute Gasteiger partial charge is 0.198 e. The number of unbranched alkanes of at least 4 members (excludes halogenated alkanes) is 12. The summed E-state index contributed by atoms with van der Waals surface area (Å²) in [6, 6.07) is 0. The summed E-state index contributed by atoms with van der Waals surface area (Å²) < 4.78 is 0. The first-order chi connectivity index (χ1) is 9.41. The van der Waals surface area contributed by atoms with Crippen molar-refractivity contribution in [3.05, 3.63) is 12.2 Å². The van der Waals surface area contributed by atoms with Crippen LogP contribution in [0.4, 0.5) is 0 Å². The zero-order chi connectivity index (χ0) is 14.0. The second kappa shape index (κ2) is 17.4. The van der Waals surface area contributed by atoms with Crippen LogP contribution in [0.2, 0.25) is 0 Å². The van der Waals surface area contributed by atoms with Crippen molar-refractivity contribution in [2.75, 3.05) is 0 Å². The maximum atomic E-state index is 10.0. The molecular formula is C18H33O. The van der Waals surface area contributed by atoms with Gasteiger partial charge in [-0.3, -0.25) is 4.79 Å². The highest BCUT2D eigenvalue weighted by Crippen LogP contribution is 2.09. The Morgan fingerprint density at radius 1 is 0.684 bits per heavy atom. The molecule has 1 nitrogen and oxygen atoms in total. The summed E-state index contributed by atoms with van der Waals surface area (Å²) in [5.74, 6) is 0. The normalized spacial score (nSPS) is 11.2. The molecule has 0 rings (SSSR count). The number of hydrogen-bond acceptors (Lipinski definition) is 1. The number of hydrogen-bond donors (Lipinski definition) is 0. The van der Waals surface area contributed by atoms with Crippen LogP contribution in [0.25, 0.3) is 0 Å². The van der Waals surface area contributed by atoms with Crippen LogP contribution in [0, 0.1) is 0 Å². The molecule has 0 atom stereocenters. The SMILES string of the molecule is CCCCCCCC/C=C/CCCCCCC[C]=O. The van der Waals surface area contributed by atoms with Crippen molar-refractivity contribution < 1.29 is 4.79 Å². The molecule has 0 N–H and O–H groups in total. The summed E-state index contributed by atoms with van der Waals surface area (Å²) >= 11 is 0. The summed E-state index contributed by atoms with van der Waals surface area (Å²) in [7, 11) is 0. The maximum absolute atomic E-state index is 10.0. The fraction of sp³-hybridized carbons (Fsp3) is 0.833. The van der Waals surface area contributed by atoms with Crippen LogP contribution in [0.15, 0.2) is 12.2 Å². The Kier molecular flexibility index (Phi) is 16.9. The van der Waals surface area contributed by atoms with Crippen LogP contribution >= 0.6 is 0 Å². The molecule has 0 unspecified atom stereocenters. The Bertz CT molecular complexity index is 196. The molecule has 0 aliphatic rings. The van der Waals surface area contributed by atoms with E-state index < -0.39 is 0 Å². The average Bonchev–Trinajstić information content (AvgIpc) is 2.43. The average molecular weight is 265 g/mol. The predicted molar refractivity (Wildman–Crippen MR) is 85.1 cm³/mol. The molecule has 0 heterocycles. The third-order valence-corrected chi connectivity index (χ3v) is 3.54. The molecule has 0 spiro atoms. The Labute approximate surface area is 120 Å². The van der Waals surface area contributed by atoms with E-state index in [0.29, 0.717) is 6.42 Å². The van der Waals surface area contributed by atoms with Crippen molar-refractivity contribution in [3.8, 4) is 0 Å². The van der Waals surface area contributed by atoms with E-state index in [1.807, 2.05) is 6.29 Å². The van der Waals surface area contributed by atoms with Crippen LogP contribution in [0.3, 0.4) is 0 Å².